The highest BCUT2D eigenvalue weighted by Crippen LogP contribution is 2.41. The lowest BCUT2D eigenvalue weighted by molar-refractivity contribution is -0.182. The molecule has 0 aliphatic carbocycles. The maximum Gasteiger partial charge on any atom is 0.157 e. The van der Waals surface area contributed by atoms with E-state index < -0.39 is 9.84 Å². The SMILES string of the molecule is O=C(CCC1OCCCO1)C1CC2CCC(C1)S2(=O)=O. The summed E-state index contributed by atoms with van der Waals surface area (Å²) in [5.41, 5.74) is 0. The Kier molecular flexibility index (Phi) is 4.15. The smallest absolute Gasteiger partial charge is 0.157 e. The van der Waals surface area contributed by atoms with Gasteiger partial charge in [-0.25, -0.2) is 8.42 Å². The summed E-state index contributed by atoms with van der Waals surface area (Å²) in [4.78, 5) is 12.3. The number of carbonyl (C=O) groups excluding carboxylic acids is 1. The van der Waals surface area contributed by atoms with Gasteiger partial charge in [0.25, 0.3) is 0 Å². The first kappa shape index (κ1) is 14.5. The van der Waals surface area contributed by atoms with Gasteiger partial charge in [-0.3, -0.25) is 4.79 Å². The van der Waals surface area contributed by atoms with Crippen LogP contribution in [0.15, 0.2) is 0 Å². The fourth-order valence-corrected chi connectivity index (χ4v) is 6.11. The van der Waals surface area contributed by atoms with Crippen LogP contribution >= 0.6 is 0 Å². The number of ether oxygens (including phenoxy) is 2. The average molecular weight is 302 g/mol. The van der Waals surface area contributed by atoms with Gasteiger partial charge in [0.15, 0.2) is 16.1 Å². The predicted molar refractivity (Wildman–Crippen MR) is 73.0 cm³/mol. The van der Waals surface area contributed by atoms with Crippen molar-refractivity contribution in [1.82, 2.24) is 0 Å². The minimum atomic E-state index is -2.93. The Hall–Kier alpha value is -0.460. The number of sulfone groups is 1. The third kappa shape index (κ3) is 2.78. The van der Waals surface area contributed by atoms with Crippen LogP contribution in [-0.4, -0.2) is 44.2 Å². The van der Waals surface area contributed by atoms with Gasteiger partial charge < -0.3 is 9.47 Å². The van der Waals surface area contributed by atoms with E-state index in [2.05, 4.69) is 0 Å². The summed E-state index contributed by atoms with van der Waals surface area (Å²) in [6, 6.07) is 0. The highest BCUT2D eigenvalue weighted by molar-refractivity contribution is 7.93. The van der Waals surface area contributed by atoms with Crippen LogP contribution < -0.4 is 0 Å². The molecule has 0 radical (unpaired) electrons. The molecule has 0 aromatic rings. The average Bonchev–Trinajstić information content (AvgIpc) is 2.65. The van der Waals surface area contributed by atoms with Gasteiger partial charge >= 0.3 is 0 Å². The molecule has 6 heteroatoms. The molecule has 5 nitrogen and oxygen atoms in total. The molecule has 0 amide bonds. The molecular weight excluding hydrogens is 280 g/mol. The summed E-state index contributed by atoms with van der Waals surface area (Å²) < 4.78 is 34.9. The monoisotopic (exact) mass is 302 g/mol. The van der Waals surface area contributed by atoms with E-state index in [9.17, 15) is 13.2 Å². The van der Waals surface area contributed by atoms with E-state index in [-0.39, 0.29) is 28.5 Å². The Bertz CT molecular complexity index is 446. The first-order valence-electron chi connectivity index (χ1n) is 7.56. The summed E-state index contributed by atoms with van der Waals surface area (Å²) in [7, 11) is -2.93. The number of rotatable bonds is 4. The van der Waals surface area contributed by atoms with Gasteiger partial charge in [0.2, 0.25) is 0 Å². The summed E-state index contributed by atoms with van der Waals surface area (Å²) in [5, 5.41) is -0.533. The van der Waals surface area contributed by atoms with E-state index in [1.54, 1.807) is 0 Å². The lowest BCUT2D eigenvalue weighted by Crippen LogP contribution is -2.36. The zero-order chi connectivity index (χ0) is 14.2. The molecule has 3 fully saturated rings. The molecule has 3 heterocycles. The molecule has 0 N–H and O–H groups in total. The first-order valence-corrected chi connectivity index (χ1v) is 9.17. The summed E-state index contributed by atoms with van der Waals surface area (Å²) in [5.74, 6) is 0.120. The third-order valence-corrected chi connectivity index (χ3v) is 7.53. The van der Waals surface area contributed by atoms with Crippen LogP contribution in [-0.2, 0) is 24.1 Å². The van der Waals surface area contributed by atoms with Gasteiger partial charge in [0.1, 0.15) is 5.78 Å². The van der Waals surface area contributed by atoms with Crippen LogP contribution in [0.3, 0.4) is 0 Å². The van der Waals surface area contributed by atoms with E-state index in [4.69, 9.17) is 9.47 Å². The fourth-order valence-electron chi connectivity index (χ4n) is 3.64. The van der Waals surface area contributed by atoms with E-state index in [0.717, 1.165) is 19.3 Å². The zero-order valence-corrected chi connectivity index (χ0v) is 12.4. The Balaban J connectivity index is 1.51. The first-order chi connectivity index (χ1) is 9.57. The van der Waals surface area contributed by atoms with E-state index in [1.807, 2.05) is 0 Å². The van der Waals surface area contributed by atoms with E-state index in [1.165, 1.54) is 0 Å². The van der Waals surface area contributed by atoms with Crippen LogP contribution in [0.4, 0.5) is 0 Å². The Morgan fingerprint density at radius 1 is 1.05 bits per heavy atom. The number of fused-ring (bicyclic) bond motifs is 2. The van der Waals surface area contributed by atoms with Crippen LogP contribution in [0.25, 0.3) is 0 Å². The lowest BCUT2D eigenvalue weighted by atomic mass is 9.92. The minimum Gasteiger partial charge on any atom is -0.353 e. The number of hydrogen-bond acceptors (Lipinski definition) is 5. The molecule has 3 rings (SSSR count). The normalized spacial score (nSPS) is 36.9. The number of ketones is 1. The van der Waals surface area contributed by atoms with Crippen molar-refractivity contribution in [1.29, 1.82) is 0 Å². The summed E-state index contributed by atoms with van der Waals surface area (Å²) in [6.45, 7) is 1.40. The van der Waals surface area contributed by atoms with Gasteiger partial charge in [-0.2, -0.15) is 0 Å². The molecule has 3 saturated heterocycles. The van der Waals surface area contributed by atoms with Gasteiger partial charge in [0.05, 0.1) is 23.7 Å². The molecular formula is C14H22O5S. The largest absolute Gasteiger partial charge is 0.353 e. The molecule has 2 bridgehead atoms. The molecule has 0 aromatic heterocycles. The predicted octanol–water partition coefficient (Wildman–Crippen LogP) is 1.45. The van der Waals surface area contributed by atoms with Crippen LogP contribution in [0.5, 0.6) is 0 Å². The molecule has 2 unspecified atom stereocenters. The van der Waals surface area contributed by atoms with Crippen molar-refractivity contribution < 1.29 is 22.7 Å². The van der Waals surface area contributed by atoms with Crippen molar-refractivity contribution in [3.8, 4) is 0 Å². The zero-order valence-electron chi connectivity index (χ0n) is 11.6. The quantitative estimate of drug-likeness (QED) is 0.786. The number of hydrogen-bond donors (Lipinski definition) is 0. The number of carbonyl (C=O) groups is 1. The highest BCUT2D eigenvalue weighted by atomic mass is 32.2. The maximum absolute atomic E-state index is 12.3. The minimum absolute atomic E-state index is 0.0698. The Morgan fingerprint density at radius 3 is 2.25 bits per heavy atom. The molecule has 0 spiro atoms. The van der Waals surface area contributed by atoms with Gasteiger partial charge in [-0.05, 0) is 32.1 Å². The Labute approximate surface area is 119 Å². The van der Waals surface area contributed by atoms with Crippen LogP contribution in [0, 0.1) is 5.92 Å². The van der Waals surface area contributed by atoms with Crippen molar-refractivity contribution in [2.75, 3.05) is 13.2 Å². The maximum atomic E-state index is 12.3. The van der Waals surface area contributed by atoms with Crippen molar-refractivity contribution >= 4 is 15.6 Å². The Morgan fingerprint density at radius 2 is 1.65 bits per heavy atom. The molecule has 0 aromatic carbocycles. The standard InChI is InChI=1S/C14H22O5S/c15-13(4-5-14-18-6-1-7-19-14)10-8-11-2-3-12(9-10)20(11,16)17/h10-12,14H,1-9H2. The van der Waals surface area contributed by atoms with Crippen molar-refractivity contribution in [3.05, 3.63) is 0 Å². The second kappa shape index (κ2) is 5.73. The molecule has 0 saturated carbocycles. The van der Waals surface area contributed by atoms with Gasteiger partial charge in [-0.1, -0.05) is 0 Å². The lowest BCUT2D eigenvalue weighted by Gasteiger charge is -2.28. The molecule has 3 aliphatic heterocycles. The second-order valence-corrected chi connectivity index (χ2v) is 8.62. The molecule has 20 heavy (non-hydrogen) atoms. The molecule has 3 aliphatic rings. The highest BCUT2D eigenvalue weighted by Gasteiger charge is 2.48. The van der Waals surface area contributed by atoms with Crippen molar-refractivity contribution in [3.63, 3.8) is 0 Å². The van der Waals surface area contributed by atoms with Crippen molar-refractivity contribution in [2.45, 2.75) is 61.7 Å². The van der Waals surface area contributed by atoms with E-state index in [0.29, 0.717) is 38.9 Å². The third-order valence-electron chi connectivity index (χ3n) is 4.81. The van der Waals surface area contributed by atoms with Crippen molar-refractivity contribution in [2.24, 2.45) is 5.92 Å². The number of Topliss-reactive ketones (excluding diaryl/α,β-unsaturated/α-hetero) is 1. The van der Waals surface area contributed by atoms with Gasteiger partial charge in [-0.15, -0.1) is 0 Å². The topological polar surface area (TPSA) is 69.7 Å². The molecule has 2 atom stereocenters. The van der Waals surface area contributed by atoms with Gasteiger partial charge in [0, 0.05) is 18.8 Å². The molecule has 114 valence electrons. The summed E-state index contributed by atoms with van der Waals surface area (Å²) >= 11 is 0. The van der Waals surface area contributed by atoms with Crippen LogP contribution in [0.2, 0.25) is 0 Å². The van der Waals surface area contributed by atoms with E-state index >= 15 is 0 Å². The summed E-state index contributed by atoms with van der Waals surface area (Å²) in [6.07, 6.45) is 4.24. The fraction of sp³-hybridized carbons (Fsp3) is 0.929. The second-order valence-electron chi connectivity index (χ2n) is 6.11. The van der Waals surface area contributed by atoms with Crippen LogP contribution in [0.1, 0.15) is 44.9 Å².